The van der Waals surface area contributed by atoms with Crippen molar-refractivity contribution in [3.63, 3.8) is 0 Å². The number of thiazole rings is 1. The third-order valence-corrected chi connectivity index (χ3v) is 8.95. The molecule has 4 rings (SSSR count). The van der Waals surface area contributed by atoms with E-state index in [1.165, 1.54) is 17.5 Å². The van der Waals surface area contributed by atoms with Crippen LogP contribution in [0.25, 0.3) is 0 Å². The molecule has 2 aromatic carbocycles. The summed E-state index contributed by atoms with van der Waals surface area (Å²) in [5, 5.41) is 6.03. The summed E-state index contributed by atoms with van der Waals surface area (Å²) >= 11 is 1.18. The smallest absolute Gasteiger partial charge is 0.204 e. The molecule has 33 heavy (non-hydrogen) atoms. The molecular weight excluding hydrogens is 458 g/mol. The largest absolute Gasteiger partial charge is 0.497 e. The van der Waals surface area contributed by atoms with Crippen molar-refractivity contribution < 1.29 is 17.9 Å². The number of rotatable bonds is 8. The molecule has 2 heterocycles. The zero-order valence-corrected chi connectivity index (χ0v) is 20.2. The van der Waals surface area contributed by atoms with Crippen LogP contribution < -0.4 is 15.4 Å². The topological polar surface area (TPSA) is 97.4 Å². The van der Waals surface area contributed by atoms with E-state index in [4.69, 9.17) is 4.74 Å². The molecule has 3 aromatic rings. The number of nitrogens with one attached hydrogen (secondary N) is 2. The molecule has 0 radical (unpaired) electrons. The Morgan fingerprint density at radius 2 is 1.85 bits per heavy atom. The molecule has 7 nitrogen and oxygen atoms in total. The lowest BCUT2D eigenvalue weighted by molar-refractivity contribution is 0.104. The number of ketones is 1. The average Bonchev–Trinajstić information content (AvgIpc) is 3.32. The standard InChI is InChI=1S/C24H27N3O4S2/c1-16-5-3-4-6-20(16)22(28)21-15-26-24(32-21)27-23(17-11-13-25-14-12-17)33(29,30)19-9-7-18(31-2)8-10-19/h3-10,15,17,23,25H,11-14H2,1-2H3,(H,26,27). The third kappa shape index (κ3) is 5.10. The molecular formula is C24H27N3O4S2. The van der Waals surface area contributed by atoms with E-state index in [9.17, 15) is 13.2 Å². The Bertz CT molecular complexity index is 1220. The van der Waals surface area contributed by atoms with E-state index in [1.54, 1.807) is 37.4 Å². The molecule has 0 saturated carbocycles. The van der Waals surface area contributed by atoms with Gasteiger partial charge in [-0.1, -0.05) is 35.6 Å². The number of sulfone groups is 1. The Morgan fingerprint density at radius 1 is 1.15 bits per heavy atom. The Kier molecular flexibility index (Phi) is 7.11. The van der Waals surface area contributed by atoms with Crippen LogP contribution in [0.15, 0.2) is 59.6 Å². The summed E-state index contributed by atoms with van der Waals surface area (Å²) in [5.74, 6) is 0.396. The Labute approximate surface area is 198 Å². The van der Waals surface area contributed by atoms with Gasteiger partial charge < -0.3 is 15.4 Å². The summed E-state index contributed by atoms with van der Waals surface area (Å²) in [5.41, 5.74) is 1.51. The minimum atomic E-state index is -3.71. The zero-order chi connectivity index (χ0) is 23.4. The van der Waals surface area contributed by atoms with Crippen LogP contribution in [0.1, 0.15) is 33.6 Å². The van der Waals surface area contributed by atoms with E-state index in [1.807, 2.05) is 25.1 Å². The minimum absolute atomic E-state index is 0.0854. The van der Waals surface area contributed by atoms with Gasteiger partial charge in [-0.2, -0.15) is 0 Å². The van der Waals surface area contributed by atoms with Crippen molar-refractivity contribution in [3.8, 4) is 5.75 Å². The second kappa shape index (κ2) is 10.0. The van der Waals surface area contributed by atoms with Crippen LogP contribution in [-0.4, -0.2) is 44.8 Å². The molecule has 1 atom stereocenters. The predicted octanol–water partition coefficient (Wildman–Crippen LogP) is 3.90. The lowest BCUT2D eigenvalue weighted by atomic mass is 9.98. The Balaban J connectivity index is 1.62. The Morgan fingerprint density at radius 3 is 2.52 bits per heavy atom. The molecule has 9 heteroatoms. The number of piperidine rings is 1. The van der Waals surface area contributed by atoms with Crippen LogP contribution in [-0.2, 0) is 9.84 Å². The normalized spacial score (nSPS) is 15.7. The van der Waals surface area contributed by atoms with E-state index in [2.05, 4.69) is 15.6 Å². The third-order valence-electron chi connectivity index (χ3n) is 5.92. The number of carbonyl (C=O) groups is 1. The van der Waals surface area contributed by atoms with Gasteiger partial charge in [-0.3, -0.25) is 4.79 Å². The van der Waals surface area contributed by atoms with Crippen molar-refractivity contribution in [2.45, 2.75) is 30.0 Å². The molecule has 1 saturated heterocycles. The quantitative estimate of drug-likeness (QED) is 0.467. The first kappa shape index (κ1) is 23.4. The van der Waals surface area contributed by atoms with Gasteiger partial charge in [0.05, 0.1) is 23.1 Å². The number of benzene rings is 2. The first-order chi connectivity index (χ1) is 15.9. The van der Waals surface area contributed by atoms with Gasteiger partial charge in [-0.25, -0.2) is 13.4 Å². The van der Waals surface area contributed by atoms with Crippen molar-refractivity contribution in [1.29, 1.82) is 0 Å². The maximum atomic E-state index is 13.6. The monoisotopic (exact) mass is 485 g/mol. The summed E-state index contributed by atoms with van der Waals surface area (Å²) in [7, 11) is -2.16. The van der Waals surface area contributed by atoms with Crippen molar-refractivity contribution >= 4 is 32.1 Å². The lowest BCUT2D eigenvalue weighted by Crippen LogP contribution is -2.42. The highest BCUT2D eigenvalue weighted by molar-refractivity contribution is 7.92. The van der Waals surface area contributed by atoms with Gasteiger partial charge in [-0.05, 0) is 68.6 Å². The van der Waals surface area contributed by atoms with Gasteiger partial charge >= 0.3 is 0 Å². The maximum absolute atomic E-state index is 13.6. The van der Waals surface area contributed by atoms with Crippen molar-refractivity contribution in [2.75, 3.05) is 25.5 Å². The highest BCUT2D eigenvalue weighted by Crippen LogP contribution is 2.31. The van der Waals surface area contributed by atoms with E-state index in [0.717, 1.165) is 31.5 Å². The minimum Gasteiger partial charge on any atom is -0.497 e. The highest BCUT2D eigenvalue weighted by atomic mass is 32.2. The molecule has 0 spiro atoms. The van der Waals surface area contributed by atoms with Crippen LogP contribution >= 0.6 is 11.3 Å². The van der Waals surface area contributed by atoms with Gasteiger partial charge in [0.15, 0.2) is 15.0 Å². The second-order valence-corrected chi connectivity index (χ2v) is 11.1. The summed E-state index contributed by atoms with van der Waals surface area (Å²) in [6.07, 6.45) is 2.97. The van der Waals surface area contributed by atoms with Crippen molar-refractivity contribution in [3.05, 3.63) is 70.7 Å². The SMILES string of the molecule is COc1ccc(S(=O)(=O)C(Nc2ncc(C(=O)c3ccccc3C)s2)C2CCNCC2)cc1. The van der Waals surface area contributed by atoms with Crippen molar-refractivity contribution in [2.24, 2.45) is 5.92 Å². The fraction of sp³-hybridized carbons (Fsp3) is 0.333. The van der Waals surface area contributed by atoms with Crippen LogP contribution in [0, 0.1) is 12.8 Å². The van der Waals surface area contributed by atoms with E-state index in [0.29, 0.717) is 21.3 Å². The van der Waals surface area contributed by atoms with Gasteiger partial charge in [0.25, 0.3) is 0 Å². The number of ether oxygens (including phenoxy) is 1. The number of nitrogens with zero attached hydrogens (tertiary/aromatic N) is 1. The molecule has 1 aliphatic heterocycles. The number of aromatic nitrogens is 1. The van der Waals surface area contributed by atoms with Crippen LogP contribution in [0.3, 0.4) is 0 Å². The first-order valence-electron chi connectivity index (χ1n) is 10.8. The Hall–Kier alpha value is -2.75. The summed E-state index contributed by atoms with van der Waals surface area (Å²) in [4.78, 5) is 18.0. The summed E-state index contributed by atoms with van der Waals surface area (Å²) in [6, 6.07) is 13.8. The molecule has 1 aromatic heterocycles. The number of anilines is 1. The fourth-order valence-corrected chi connectivity index (χ4v) is 6.77. The van der Waals surface area contributed by atoms with Crippen LogP contribution in [0.2, 0.25) is 0 Å². The molecule has 1 aliphatic rings. The van der Waals surface area contributed by atoms with Gasteiger partial charge in [0.2, 0.25) is 5.78 Å². The van der Waals surface area contributed by atoms with E-state index < -0.39 is 15.2 Å². The second-order valence-electron chi connectivity index (χ2n) is 8.05. The molecule has 0 aliphatic carbocycles. The first-order valence-corrected chi connectivity index (χ1v) is 13.2. The molecule has 174 valence electrons. The lowest BCUT2D eigenvalue weighted by Gasteiger charge is -2.31. The van der Waals surface area contributed by atoms with Gasteiger partial charge in [0, 0.05) is 5.56 Å². The van der Waals surface area contributed by atoms with E-state index >= 15 is 0 Å². The number of hydrogen-bond acceptors (Lipinski definition) is 8. The molecule has 1 fully saturated rings. The van der Waals surface area contributed by atoms with Crippen molar-refractivity contribution in [1.82, 2.24) is 10.3 Å². The van der Waals surface area contributed by atoms with Crippen LogP contribution in [0.5, 0.6) is 5.75 Å². The van der Waals surface area contributed by atoms with Gasteiger partial charge in [-0.15, -0.1) is 0 Å². The predicted molar refractivity (Wildman–Crippen MR) is 130 cm³/mol. The number of methoxy groups -OCH3 is 1. The average molecular weight is 486 g/mol. The molecule has 0 amide bonds. The van der Waals surface area contributed by atoms with Gasteiger partial charge in [0.1, 0.15) is 11.1 Å². The zero-order valence-electron chi connectivity index (χ0n) is 18.6. The summed E-state index contributed by atoms with van der Waals surface area (Å²) in [6.45, 7) is 3.41. The maximum Gasteiger partial charge on any atom is 0.204 e. The molecule has 1 unspecified atom stereocenters. The number of aryl methyl sites for hydroxylation is 1. The summed E-state index contributed by atoms with van der Waals surface area (Å²) < 4.78 is 32.4. The number of carbonyl (C=O) groups excluding carboxylic acids is 1. The molecule has 2 N–H and O–H groups in total. The molecule has 0 bridgehead atoms. The van der Waals surface area contributed by atoms with Crippen LogP contribution in [0.4, 0.5) is 5.13 Å². The highest BCUT2D eigenvalue weighted by Gasteiger charge is 2.36. The fourth-order valence-electron chi connectivity index (χ4n) is 4.04. The number of hydrogen-bond donors (Lipinski definition) is 2. The van der Waals surface area contributed by atoms with E-state index in [-0.39, 0.29) is 16.6 Å².